The van der Waals surface area contributed by atoms with Crippen molar-refractivity contribution in [3.8, 4) is 0 Å². The van der Waals surface area contributed by atoms with Crippen molar-refractivity contribution in [2.24, 2.45) is 23.7 Å². The van der Waals surface area contributed by atoms with Crippen molar-refractivity contribution in [3.63, 3.8) is 0 Å². The third-order valence-corrected chi connectivity index (χ3v) is 4.33. The van der Waals surface area contributed by atoms with Gasteiger partial charge in [0.1, 0.15) is 0 Å². The summed E-state index contributed by atoms with van der Waals surface area (Å²) in [5.41, 5.74) is 0. The van der Waals surface area contributed by atoms with E-state index in [1.54, 1.807) is 0 Å². The molecule has 27 heavy (non-hydrogen) atoms. The lowest BCUT2D eigenvalue weighted by molar-refractivity contribution is 0.457. The fourth-order valence-electron chi connectivity index (χ4n) is 1.13. The Morgan fingerprint density at radius 1 is 0.593 bits per heavy atom. The molecule has 0 amide bonds. The minimum Gasteiger partial charge on any atom is -0.286 e. The van der Waals surface area contributed by atoms with Gasteiger partial charge >= 0.3 is 0 Å². The highest BCUT2D eigenvalue weighted by Crippen LogP contribution is 2.11. The molecule has 0 atom stereocenters. The normalized spacial score (nSPS) is 10.7. The van der Waals surface area contributed by atoms with Gasteiger partial charge in [0.15, 0.2) is 0 Å². The Balaban J connectivity index is 0. The van der Waals surface area contributed by atoms with Gasteiger partial charge in [-0.05, 0) is 34.4 Å². The Kier molecular flexibility index (Phi) is 15.1. The van der Waals surface area contributed by atoms with Gasteiger partial charge in [0.2, 0.25) is 0 Å². The standard InChI is InChI=1S/C10H8.2C6H14.CH4O3S/c1-2-6-10-8-4-3-7-9(10)5-1;2*1-5(2)6(3)4;1-5(2,3)4/h1-8H;2*5-6H,1-4H3;1H3,(H,2,3,4). The zero-order chi connectivity index (χ0) is 21.6. The van der Waals surface area contributed by atoms with Gasteiger partial charge in [0, 0.05) is 0 Å². The second-order valence-corrected chi connectivity index (χ2v) is 9.52. The molecule has 0 saturated carbocycles. The molecule has 0 aliphatic heterocycles. The lowest BCUT2D eigenvalue weighted by Gasteiger charge is -2.05. The molecule has 0 saturated heterocycles. The summed E-state index contributed by atoms with van der Waals surface area (Å²) in [4.78, 5) is 0. The fourth-order valence-corrected chi connectivity index (χ4v) is 1.13. The summed E-state index contributed by atoms with van der Waals surface area (Å²) in [5, 5.41) is 2.62. The number of hydrogen-bond donors (Lipinski definition) is 1. The topological polar surface area (TPSA) is 54.4 Å². The van der Waals surface area contributed by atoms with E-state index in [0.717, 1.165) is 23.7 Å². The lowest BCUT2D eigenvalue weighted by Crippen LogP contribution is -1.95. The summed E-state index contributed by atoms with van der Waals surface area (Å²) >= 11 is 0. The van der Waals surface area contributed by atoms with Gasteiger partial charge in [0.25, 0.3) is 10.1 Å². The van der Waals surface area contributed by atoms with E-state index in [4.69, 9.17) is 4.55 Å². The molecule has 2 rings (SSSR count). The minimum absolute atomic E-state index is 0.715. The molecule has 0 spiro atoms. The van der Waals surface area contributed by atoms with Gasteiger partial charge in [-0.1, -0.05) is 104 Å². The molecule has 156 valence electrons. The SMILES string of the molecule is CC(C)C(C)C.CC(C)C(C)C.CS(=O)(=O)O.c1ccc2ccccc2c1. The van der Waals surface area contributed by atoms with Crippen molar-refractivity contribution in [1.29, 1.82) is 0 Å². The summed E-state index contributed by atoms with van der Waals surface area (Å²) in [5.74, 6) is 3.41. The molecule has 0 aromatic heterocycles. The van der Waals surface area contributed by atoms with E-state index in [-0.39, 0.29) is 0 Å². The van der Waals surface area contributed by atoms with E-state index in [9.17, 15) is 8.42 Å². The van der Waals surface area contributed by atoms with Crippen LogP contribution in [0.4, 0.5) is 0 Å². The Labute approximate surface area is 168 Å². The second kappa shape index (κ2) is 14.6. The molecule has 0 aliphatic carbocycles. The van der Waals surface area contributed by atoms with Crippen LogP contribution >= 0.6 is 0 Å². The first-order valence-electron chi connectivity index (χ1n) is 9.61. The quantitative estimate of drug-likeness (QED) is 0.559. The van der Waals surface area contributed by atoms with E-state index in [2.05, 4.69) is 104 Å². The van der Waals surface area contributed by atoms with Crippen LogP contribution in [-0.4, -0.2) is 19.2 Å². The van der Waals surface area contributed by atoms with Crippen LogP contribution in [0.2, 0.25) is 0 Å². The first-order chi connectivity index (χ1) is 12.3. The smallest absolute Gasteiger partial charge is 0.261 e. The van der Waals surface area contributed by atoms with Crippen molar-refractivity contribution >= 4 is 20.9 Å². The highest BCUT2D eigenvalue weighted by molar-refractivity contribution is 7.85. The van der Waals surface area contributed by atoms with E-state index in [0.29, 0.717) is 6.26 Å². The molecule has 0 aliphatic rings. The molecule has 2 aromatic carbocycles. The van der Waals surface area contributed by atoms with Gasteiger partial charge < -0.3 is 0 Å². The largest absolute Gasteiger partial charge is 0.286 e. The average Bonchev–Trinajstić information content (AvgIpc) is 2.54. The summed E-state index contributed by atoms with van der Waals surface area (Å²) in [6, 6.07) is 16.7. The van der Waals surface area contributed by atoms with E-state index in [1.807, 2.05) is 0 Å². The van der Waals surface area contributed by atoms with Crippen molar-refractivity contribution in [1.82, 2.24) is 0 Å². The van der Waals surface area contributed by atoms with Crippen molar-refractivity contribution in [2.45, 2.75) is 55.4 Å². The molecule has 0 bridgehead atoms. The Bertz CT molecular complexity index is 605. The molecule has 2 aromatic rings. The summed E-state index contributed by atoms with van der Waals surface area (Å²) in [6.45, 7) is 17.9. The number of benzene rings is 2. The number of rotatable bonds is 2. The predicted molar refractivity (Wildman–Crippen MR) is 121 cm³/mol. The zero-order valence-electron chi connectivity index (χ0n) is 18.6. The number of hydrogen-bond acceptors (Lipinski definition) is 2. The molecular formula is C23H40O3S. The van der Waals surface area contributed by atoms with Gasteiger partial charge in [-0.25, -0.2) is 0 Å². The van der Waals surface area contributed by atoms with Gasteiger partial charge in [-0.3, -0.25) is 4.55 Å². The minimum atomic E-state index is -3.67. The maximum Gasteiger partial charge on any atom is 0.261 e. The first kappa shape index (κ1) is 27.8. The van der Waals surface area contributed by atoms with Crippen LogP contribution in [0.25, 0.3) is 10.8 Å². The second-order valence-electron chi connectivity index (χ2n) is 8.06. The van der Waals surface area contributed by atoms with Crippen LogP contribution in [0.3, 0.4) is 0 Å². The Morgan fingerprint density at radius 3 is 0.852 bits per heavy atom. The van der Waals surface area contributed by atoms with Crippen LogP contribution in [0.1, 0.15) is 55.4 Å². The number of fused-ring (bicyclic) bond motifs is 1. The van der Waals surface area contributed by atoms with Gasteiger partial charge in [-0.2, -0.15) is 8.42 Å². The molecule has 0 heterocycles. The van der Waals surface area contributed by atoms with Crippen molar-refractivity contribution in [2.75, 3.05) is 6.26 Å². The fraction of sp³-hybridized carbons (Fsp3) is 0.565. The molecule has 0 fully saturated rings. The molecule has 1 N–H and O–H groups in total. The molecule has 0 radical (unpaired) electrons. The van der Waals surface area contributed by atoms with Crippen molar-refractivity contribution in [3.05, 3.63) is 48.5 Å². The Hall–Kier alpha value is -1.39. The molecule has 4 heteroatoms. The highest BCUT2D eigenvalue weighted by atomic mass is 32.2. The summed E-state index contributed by atoms with van der Waals surface area (Å²) in [7, 11) is -3.67. The maximum atomic E-state index is 9.19. The predicted octanol–water partition coefficient (Wildman–Crippen LogP) is 6.94. The molecule has 3 nitrogen and oxygen atoms in total. The summed E-state index contributed by atoms with van der Waals surface area (Å²) < 4.78 is 25.9. The highest BCUT2D eigenvalue weighted by Gasteiger charge is 1.96. The maximum absolute atomic E-state index is 9.19. The van der Waals surface area contributed by atoms with Crippen molar-refractivity contribution < 1.29 is 13.0 Å². The van der Waals surface area contributed by atoms with Crippen LogP contribution in [0.15, 0.2) is 48.5 Å². The Morgan fingerprint density at radius 2 is 0.741 bits per heavy atom. The molecule has 0 unspecified atom stereocenters. The monoisotopic (exact) mass is 396 g/mol. The van der Waals surface area contributed by atoms with E-state index >= 15 is 0 Å². The lowest BCUT2D eigenvalue weighted by atomic mass is 10.0. The van der Waals surface area contributed by atoms with Crippen LogP contribution in [-0.2, 0) is 10.1 Å². The van der Waals surface area contributed by atoms with Gasteiger partial charge in [0.05, 0.1) is 6.26 Å². The van der Waals surface area contributed by atoms with Crippen LogP contribution < -0.4 is 0 Å². The van der Waals surface area contributed by atoms with E-state index in [1.165, 1.54) is 10.8 Å². The zero-order valence-corrected chi connectivity index (χ0v) is 19.4. The van der Waals surface area contributed by atoms with E-state index < -0.39 is 10.1 Å². The average molecular weight is 397 g/mol. The summed E-state index contributed by atoms with van der Waals surface area (Å²) in [6.07, 6.45) is 0.715. The first-order valence-corrected chi connectivity index (χ1v) is 11.5. The molecular weight excluding hydrogens is 356 g/mol. The third kappa shape index (κ3) is 20.8. The van der Waals surface area contributed by atoms with Crippen LogP contribution in [0, 0.1) is 23.7 Å². The third-order valence-electron chi connectivity index (χ3n) is 4.33. The van der Waals surface area contributed by atoms with Gasteiger partial charge in [-0.15, -0.1) is 0 Å². The van der Waals surface area contributed by atoms with Crippen LogP contribution in [0.5, 0.6) is 0 Å².